The van der Waals surface area contributed by atoms with Gasteiger partial charge >= 0.3 is 0 Å². The van der Waals surface area contributed by atoms with Gasteiger partial charge in [0.25, 0.3) is 0 Å². The fourth-order valence-corrected chi connectivity index (χ4v) is 1.99. The van der Waals surface area contributed by atoms with Crippen LogP contribution in [0.15, 0.2) is 24.5 Å². The lowest BCUT2D eigenvalue weighted by atomic mass is 10.1. The van der Waals surface area contributed by atoms with Gasteiger partial charge in [0.05, 0.1) is 17.7 Å². The third kappa shape index (κ3) is 3.00. The van der Waals surface area contributed by atoms with E-state index in [1.54, 1.807) is 17.9 Å². The molecule has 1 aromatic heterocycles. The highest BCUT2D eigenvalue weighted by Crippen LogP contribution is 2.20. The van der Waals surface area contributed by atoms with Crippen LogP contribution in [-0.2, 0) is 7.05 Å². The van der Waals surface area contributed by atoms with Crippen LogP contribution in [-0.4, -0.2) is 26.4 Å². The number of aliphatic hydroxyl groups is 1. The van der Waals surface area contributed by atoms with E-state index >= 15 is 0 Å². The number of aliphatic hydroxyl groups excluding tert-OH is 1. The topological polar surface area (TPSA) is 63.0 Å². The maximum absolute atomic E-state index is 13.5. The lowest BCUT2D eigenvalue weighted by Crippen LogP contribution is -2.27. The highest BCUT2D eigenvalue weighted by molar-refractivity contribution is 5.22. The van der Waals surface area contributed by atoms with Crippen molar-refractivity contribution in [3.05, 3.63) is 47.5 Å². The minimum atomic E-state index is -1.27. The van der Waals surface area contributed by atoms with Gasteiger partial charge in [-0.3, -0.25) is 0 Å². The predicted molar refractivity (Wildman–Crippen MR) is 68.7 cm³/mol. The summed E-state index contributed by atoms with van der Waals surface area (Å²) in [6.07, 6.45) is 0.285. The molecule has 7 heteroatoms. The Labute approximate surface area is 115 Å². The number of hydrogen-bond donors (Lipinski definition) is 2. The molecule has 0 fully saturated rings. The molecule has 0 radical (unpaired) electrons. The van der Waals surface area contributed by atoms with Crippen molar-refractivity contribution in [2.45, 2.75) is 19.1 Å². The molecule has 5 nitrogen and oxygen atoms in total. The van der Waals surface area contributed by atoms with Crippen LogP contribution in [0, 0.1) is 11.6 Å². The number of rotatable bonds is 5. The minimum Gasteiger partial charge on any atom is -0.387 e. The number of hydrogen-bond acceptors (Lipinski definition) is 4. The Hall–Kier alpha value is -1.86. The Kier molecular flexibility index (Phi) is 4.41. The summed E-state index contributed by atoms with van der Waals surface area (Å²) < 4.78 is 28.7. The molecule has 2 unspecified atom stereocenters. The number of halogens is 2. The first kappa shape index (κ1) is 14.5. The van der Waals surface area contributed by atoms with Crippen LogP contribution in [0.3, 0.4) is 0 Å². The van der Waals surface area contributed by atoms with E-state index in [9.17, 15) is 13.9 Å². The van der Waals surface area contributed by atoms with E-state index in [2.05, 4.69) is 15.5 Å². The SMILES string of the molecule is CC(NCC(O)c1c(F)cccc1F)c1nncn1C. The fraction of sp³-hybridized carbons (Fsp3) is 0.385. The van der Waals surface area contributed by atoms with Gasteiger partial charge in [0, 0.05) is 13.6 Å². The number of aromatic nitrogens is 3. The number of aryl methyl sites for hydroxylation is 1. The maximum Gasteiger partial charge on any atom is 0.149 e. The molecule has 1 heterocycles. The van der Waals surface area contributed by atoms with Gasteiger partial charge < -0.3 is 15.0 Å². The van der Waals surface area contributed by atoms with Gasteiger partial charge in [-0.05, 0) is 19.1 Å². The summed E-state index contributed by atoms with van der Waals surface area (Å²) >= 11 is 0. The second kappa shape index (κ2) is 6.06. The van der Waals surface area contributed by atoms with Gasteiger partial charge in [0.15, 0.2) is 0 Å². The Bertz CT molecular complexity index is 567. The van der Waals surface area contributed by atoms with Gasteiger partial charge in [-0.2, -0.15) is 0 Å². The van der Waals surface area contributed by atoms with Crippen LogP contribution in [0.2, 0.25) is 0 Å². The van der Waals surface area contributed by atoms with Crippen molar-refractivity contribution in [2.24, 2.45) is 7.05 Å². The van der Waals surface area contributed by atoms with E-state index in [4.69, 9.17) is 0 Å². The average Bonchev–Trinajstić information content (AvgIpc) is 2.82. The normalized spacial score (nSPS) is 14.2. The molecule has 0 saturated carbocycles. The summed E-state index contributed by atoms with van der Waals surface area (Å²) in [6.45, 7) is 1.83. The summed E-state index contributed by atoms with van der Waals surface area (Å²) in [7, 11) is 1.79. The molecular formula is C13H16F2N4O. The third-order valence-electron chi connectivity index (χ3n) is 3.08. The first-order chi connectivity index (χ1) is 9.50. The third-order valence-corrected chi connectivity index (χ3v) is 3.08. The van der Waals surface area contributed by atoms with E-state index in [1.165, 1.54) is 6.07 Å². The molecular weight excluding hydrogens is 266 g/mol. The smallest absolute Gasteiger partial charge is 0.149 e. The maximum atomic E-state index is 13.5. The summed E-state index contributed by atoms with van der Waals surface area (Å²) in [6, 6.07) is 3.30. The molecule has 1 aromatic carbocycles. The summed E-state index contributed by atoms with van der Waals surface area (Å²) in [4.78, 5) is 0. The molecule has 0 spiro atoms. The van der Waals surface area contributed by atoms with Crippen LogP contribution in [0.25, 0.3) is 0 Å². The molecule has 0 aliphatic rings. The van der Waals surface area contributed by atoms with Gasteiger partial charge in [0.1, 0.15) is 23.8 Å². The monoisotopic (exact) mass is 282 g/mol. The van der Waals surface area contributed by atoms with Crippen molar-refractivity contribution in [2.75, 3.05) is 6.54 Å². The summed E-state index contributed by atoms with van der Waals surface area (Å²) in [5.41, 5.74) is -0.329. The van der Waals surface area contributed by atoms with E-state index in [0.29, 0.717) is 5.82 Å². The fourth-order valence-electron chi connectivity index (χ4n) is 1.99. The highest BCUT2D eigenvalue weighted by atomic mass is 19.1. The van der Waals surface area contributed by atoms with Crippen molar-refractivity contribution >= 4 is 0 Å². The van der Waals surface area contributed by atoms with Crippen LogP contribution in [0.1, 0.15) is 30.5 Å². The zero-order chi connectivity index (χ0) is 14.7. The number of nitrogens with one attached hydrogen (secondary N) is 1. The molecule has 2 atom stereocenters. The molecule has 0 amide bonds. The van der Waals surface area contributed by atoms with Crippen molar-refractivity contribution in [3.63, 3.8) is 0 Å². The van der Waals surface area contributed by atoms with E-state index < -0.39 is 17.7 Å². The molecule has 0 aliphatic carbocycles. The van der Waals surface area contributed by atoms with Crippen molar-refractivity contribution in [1.82, 2.24) is 20.1 Å². The average molecular weight is 282 g/mol. The molecule has 2 N–H and O–H groups in total. The van der Waals surface area contributed by atoms with Crippen molar-refractivity contribution in [3.8, 4) is 0 Å². The lowest BCUT2D eigenvalue weighted by Gasteiger charge is -2.17. The Morgan fingerprint density at radius 1 is 1.35 bits per heavy atom. The number of nitrogens with zero attached hydrogens (tertiary/aromatic N) is 3. The highest BCUT2D eigenvalue weighted by Gasteiger charge is 2.19. The van der Waals surface area contributed by atoms with E-state index in [-0.39, 0.29) is 18.2 Å². The standard InChI is InChI=1S/C13H16F2N4O/c1-8(13-18-17-7-19(13)2)16-6-11(20)12-9(14)4-3-5-10(12)15/h3-5,7-8,11,16,20H,6H2,1-2H3. The van der Waals surface area contributed by atoms with Crippen molar-refractivity contribution in [1.29, 1.82) is 0 Å². The van der Waals surface area contributed by atoms with Crippen LogP contribution >= 0.6 is 0 Å². The predicted octanol–water partition coefficient (Wildman–Crippen LogP) is 1.48. The van der Waals surface area contributed by atoms with Crippen LogP contribution in [0.5, 0.6) is 0 Å². The molecule has 0 bridgehead atoms. The Morgan fingerprint density at radius 3 is 2.55 bits per heavy atom. The quantitative estimate of drug-likeness (QED) is 0.872. The summed E-state index contributed by atoms with van der Waals surface area (Å²) in [5.74, 6) is -0.845. The molecule has 108 valence electrons. The summed E-state index contributed by atoms with van der Waals surface area (Å²) in [5, 5.41) is 20.6. The largest absolute Gasteiger partial charge is 0.387 e. The Balaban J connectivity index is 2.02. The van der Waals surface area contributed by atoms with E-state index in [0.717, 1.165) is 12.1 Å². The molecule has 0 aliphatic heterocycles. The Morgan fingerprint density at radius 2 is 2.00 bits per heavy atom. The second-order valence-corrected chi connectivity index (χ2v) is 4.58. The zero-order valence-electron chi connectivity index (χ0n) is 11.2. The van der Waals surface area contributed by atoms with Crippen molar-refractivity contribution < 1.29 is 13.9 Å². The molecule has 20 heavy (non-hydrogen) atoms. The van der Waals surface area contributed by atoms with Gasteiger partial charge in [0.2, 0.25) is 0 Å². The first-order valence-electron chi connectivity index (χ1n) is 6.20. The van der Waals surface area contributed by atoms with Gasteiger partial charge in [-0.1, -0.05) is 6.07 Å². The number of benzene rings is 1. The zero-order valence-corrected chi connectivity index (χ0v) is 11.2. The second-order valence-electron chi connectivity index (χ2n) is 4.58. The molecule has 2 aromatic rings. The molecule has 2 rings (SSSR count). The van der Waals surface area contributed by atoms with Gasteiger partial charge in [-0.15, -0.1) is 10.2 Å². The first-order valence-corrected chi connectivity index (χ1v) is 6.20. The lowest BCUT2D eigenvalue weighted by molar-refractivity contribution is 0.160. The minimum absolute atomic E-state index is 0.00583. The van der Waals surface area contributed by atoms with Gasteiger partial charge in [-0.25, -0.2) is 8.78 Å². The van der Waals surface area contributed by atoms with Crippen LogP contribution < -0.4 is 5.32 Å². The van der Waals surface area contributed by atoms with Crippen LogP contribution in [0.4, 0.5) is 8.78 Å². The van der Waals surface area contributed by atoms with E-state index in [1.807, 2.05) is 6.92 Å². The molecule has 0 saturated heterocycles.